The highest BCUT2D eigenvalue weighted by Crippen LogP contribution is 2.17. The van der Waals surface area contributed by atoms with E-state index in [1.54, 1.807) is 0 Å². The molecule has 0 aromatic carbocycles. The van der Waals surface area contributed by atoms with Gasteiger partial charge in [0.05, 0.1) is 0 Å². The Kier molecular flexibility index (Phi) is 5.56. The summed E-state index contributed by atoms with van der Waals surface area (Å²) >= 11 is 3.98. The molecular weight excluding hydrogens is 196 g/mol. The smallest absolute Gasteiger partial charge is 0.00455 e. The van der Waals surface area contributed by atoms with Crippen molar-refractivity contribution in [3.05, 3.63) is 22.4 Å². The lowest BCUT2D eigenvalue weighted by atomic mass is 10.3. The zero-order valence-electron chi connectivity index (χ0n) is 8.45. The Hall–Kier alpha value is 0.0500. The largest absolute Gasteiger partial charge is 0.159 e. The lowest BCUT2D eigenvalue weighted by Gasteiger charge is -2.06. The molecule has 13 heavy (non-hydrogen) atoms. The predicted octanol–water partition coefficient (Wildman–Crippen LogP) is 4.21. The summed E-state index contributed by atoms with van der Waals surface area (Å²) < 4.78 is 0. The Morgan fingerprint density at radius 1 is 1.54 bits per heavy atom. The van der Waals surface area contributed by atoms with E-state index >= 15 is 0 Å². The molecule has 1 rings (SSSR count). The van der Waals surface area contributed by atoms with Crippen LogP contribution in [0.4, 0.5) is 0 Å². The average Bonchev–Trinajstić information content (AvgIpc) is 2.64. The lowest BCUT2D eigenvalue weighted by molar-refractivity contribution is 0.892. The van der Waals surface area contributed by atoms with Gasteiger partial charge in [0.1, 0.15) is 0 Å². The molecule has 1 atom stereocenters. The Morgan fingerprint density at radius 2 is 2.38 bits per heavy atom. The van der Waals surface area contributed by atoms with Crippen molar-refractivity contribution in [2.45, 2.75) is 38.4 Å². The number of hydrogen-bond acceptors (Lipinski definition) is 2. The van der Waals surface area contributed by atoms with Crippen molar-refractivity contribution in [2.75, 3.05) is 5.75 Å². The summed E-state index contributed by atoms with van der Waals surface area (Å²) in [6, 6.07) is 4.38. The molecule has 1 heterocycles. The van der Waals surface area contributed by atoms with Crippen molar-refractivity contribution in [1.29, 1.82) is 0 Å². The van der Waals surface area contributed by atoms with E-state index in [9.17, 15) is 0 Å². The van der Waals surface area contributed by atoms with Crippen molar-refractivity contribution in [3.8, 4) is 0 Å². The van der Waals surface area contributed by atoms with E-state index in [2.05, 4.69) is 43.1 Å². The fraction of sp³-hybridized carbons (Fsp3) is 0.636. The first-order valence-electron chi connectivity index (χ1n) is 4.97. The highest BCUT2D eigenvalue weighted by atomic mass is 32.2. The summed E-state index contributed by atoms with van der Waals surface area (Å²) in [5.74, 6) is 1.31. The van der Waals surface area contributed by atoms with Crippen molar-refractivity contribution in [2.24, 2.45) is 0 Å². The molecule has 0 nitrogen and oxygen atoms in total. The van der Waals surface area contributed by atoms with Gasteiger partial charge in [-0.2, -0.15) is 11.8 Å². The van der Waals surface area contributed by atoms with Gasteiger partial charge >= 0.3 is 0 Å². The van der Waals surface area contributed by atoms with Crippen LogP contribution in [0.3, 0.4) is 0 Å². The van der Waals surface area contributed by atoms with E-state index < -0.39 is 0 Å². The molecular formula is C11H18S2. The minimum absolute atomic E-state index is 0.836. The first-order chi connectivity index (χ1) is 6.33. The standard InChI is InChI=1S/C11H18S2/c1-3-10(2)12-8-4-6-11-7-5-9-13-11/h5,7,9-10H,3-4,6,8H2,1-2H3. The van der Waals surface area contributed by atoms with Crippen LogP contribution in [-0.4, -0.2) is 11.0 Å². The highest BCUT2D eigenvalue weighted by molar-refractivity contribution is 7.99. The normalized spacial score (nSPS) is 13.1. The second-order valence-corrected chi connectivity index (χ2v) is 5.85. The van der Waals surface area contributed by atoms with Crippen LogP contribution in [-0.2, 0) is 6.42 Å². The van der Waals surface area contributed by atoms with Crippen molar-refractivity contribution in [1.82, 2.24) is 0 Å². The van der Waals surface area contributed by atoms with Gasteiger partial charge < -0.3 is 0 Å². The van der Waals surface area contributed by atoms with Gasteiger partial charge in [-0.1, -0.05) is 19.9 Å². The van der Waals surface area contributed by atoms with Crippen molar-refractivity contribution >= 4 is 23.1 Å². The second kappa shape index (κ2) is 6.50. The molecule has 0 saturated heterocycles. The van der Waals surface area contributed by atoms with E-state index in [4.69, 9.17) is 0 Å². The first kappa shape index (κ1) is 11.1. The van der Waals surface area contributed by atoms with Crippen molar-refractivity contribution in [3.63, 3.8) is 0 Å². The maximum Gasteiger partial charge on any atom is 0.00455 e. The minimum Gasteiger partial charge on any atom is -0.159 e. The van der Waals surface area contributed by atoms with Crippen LogP contribution in [0, 0.1) is 0 Å². The fourth-order valence-corrected chi connectivity index (χ4v) is 2.80. The molecule has 0 aliphatic heterocycles. The molecule has 0 saturated carbocycles. The molecule has 1 unspecified atom stereocenters. The molecule has 0 N–H and O–H groups in total. The molecule has 0 bridgehead atoms. The molecule has 0 spiro atoms. The maximum absolute atomic E-state index is 2.32. The van der Waals surface area contributed by atoms with E-state index in [1.165, 1.54) is 29.9 Å². The van der Waals surface area contributed by atoms with Gasteiger partial charge in [-0.3, -0.25) is 0 Å². The molecule has 2 heteroatoms. The van der Waals surface area contributed by atoms with E-state index in [0.717, 1.165) is 5.25 Å². The van der Waals surface area contributed by atoms with Gasteiger partial charge in [-0.25, -0.2) is 0 Å². The van der Waals surface area contributed by atoms with Crippen LogP contribution in [0.5, 0.6) is 0 Å². The number of thiophene rings is 1. The Balaban J connectivity index is 2.02. The van der Waals surface area contributed by atoms with Gasteiger partial charge in [0.25, 0.3) is 0 Å². The lowest BCUT2D eigenvalue weighted by Crippen LogP contribution is -1.95. The van der Waals surface area contributed by atoms with Crippen LogP contribution >= 0.6 is 23.1 Å². The van der Waals surface area contributed by atoms with Crippen LogP contribution < -0.4 is 0 Å². The summed E-state index contributed by atoms with van der Waals surface area (Å²) in [4.78, 5) is 1.53. The van der Waals surface area contributed by atoms with Crippen LogP contribution in [0.2, 0.25) is 0 Å². The number of thioether (sulfide) groups is 1. The van der Waals surface area contributed by atoms with E-state index in [0.29, 0.717) is 0 Å². The molecule has 0 amide bonds. The van der Waals surface area contributed by atoms with E-state index in [1.807, 2.05) is 11.3 Å². The fourth-order valence-electron chi connectivity index (χ4n) is 1.10. The monoisotopic (exact) mass is 214 g/mol. The summed E-state index contributed by atoms with van der Waals surface area (Å²) in [7, 11) is 0. The zero-order valence-corrected chi connectivity index (χ0v) is 10.1. The van der Waals surface area contributed by atoms with Gasteiger partial charge in [-0.15, -0.1) is 11.3 Å². The van der Waals surface area contributed by atoms with Gasteiger partial charge in [-0.05, 0) is 36.5 Å². The molecule has 0 aliphatic rings. The molecule has 1 aromatic heterocycles. The van der Waals surface area contributed by atoms with Crippen LogP contribution in [0.15, 0.2) is 17.5 Å². The number of aryl methyl sites for hydroxylation is 1. The predicted molar refractivity (Wildman–Crippen MR) is 64.9 cm³/mol. The third-order valence-corrected chi connectivity index (χ3v) is 4.49. The molecule has 0 fully saturated rings. The Bertz CT molecular complexity index is 204. The summed E-state index contributed by atoms with van der Waals surface area (Å²) in [5, 5.41) is 3.00. The quantitative estimate of drug-likeness (QED) is 0.639. The average molecular weight is 214 g/mol. The SMILES string of the molecule is CCC(C)SCCCc1cccs1. The number of hydrogen-bond donors (Lipinski definition) is 0. The van der Waals surface area contributed by atoms with Crippen LogP contribution in [0.1, 0.15) is 31.6 Å². The molecule has 1 aromatic rings. The summed E-state index contributed by atoms with van der Waals surface area (Å²) in [5.41, 5.74) is 0. The van der Waals surface area contributed by atoms with Gasteiger partial charge in [0.2, 0.25) is 0 Å². The minimum atomic E-state index is 0.836. The topological polar surface area (TPSA) is 0 Å². The molecule has 0 aliphatic carbocycles. The van der Waals surface area contributed by atoms with Gasteiger partial charge in [0.15, 0.2) is 0 Å². The zero-order chi connectivity index (χ0) is 9.52. The second-order valence-electron chi connectivity index (χ2n) is 3.27. The van der Waals surface area contributed by atoms with Crippen molar-refractivity contribution < 1.29 is 0 Å². The highest BCUT2D eigenvalue weighted by Gasteiger charge is 1.99. The van der Waals surface area contributed by atoms with Crippen LogP contribution in [0.25, 0.3) is 0 Å². The summed E-state index contributed by atoms with van der Waals surface area (Å²) in [6.45, 7) is 4.58. The molecule has 0 radical (unpaired) electrons. The van der Waals surface area contributed by atoms with Gasteiger partial charge in [0, 0.05) is 10.1 Å². The third-order valence-electron chi connectivity index (χ3n) is 2.12. The van der Waals surface area contributed by atoms with E-state index in [-0.39, 0.29) is 0 Å². The Morgan fingerprint density at radius 3 is 3.00 bits per heavy atom. The maximum atomic E-state index is 2.32. The third kappa shape index (κ3) is 4.72. The first-order valence-corrected chi connectivity index (χ1v) is 6.89. The number of rotatable bonds is 6. The Labute approximate surface area is 89.7 Å². The summed E-state index contributed by atoms with van der Waals surface area (Å²) in [6.07, 6.45) is 3.89. The molecule has 74 valence electrons.